The molecule has 0 aliphatic rings. The fourth-order valence-electron chi connectivity index (χ4n) is 2.69. The van der Waals surface area contributed by atoms with E-state index in [4.69, 9.17) is 0 Å². The molecule has 0 aliphatic heterocycles. The van der Waals surface area contributed by atoms with Gasteiger partial charge in [-0.3, -0.25) is 13.9 Å². The average Bonchev–Trinajstić information content (AvgIpc) is 3.11. The van der Waals surface area contributed by atoms with Crippen molar-refractivity contribution in [3.05, 3.63) is 56.6 Å². The molecule has 1 aromatic carbocycles. The zero-order valence-corrected chi connectivity index (χ0v) is 14.0. The van der Waals surface area contributed by atoms with E-state index in [2.05, 4.69) is 5.32 Å². The molecule has 3 aromatic rings. The summed E-state index contributed by atoms with van der Waals surface area (Å²) < 4.78 is 3.29. The second-order valence-corrected chi connectivity index (χ2v) is 6.61. The molecular weight excluding hydrogens is 310 g/mol. The Morgan fingerprint density at radius 1 is 1.17 bits per heavy atom. The van der Waals surface area contributed by atoms with E-state index in [0.717, 1.165) is 27.9 Å². The lowest BCUT2D eigenvalue weighted by atomic mass is 10.1. The number of carbonyl (C=O) groups excluding carboxylic acids is 1. The van der Waals surface area contributed by atoms with Crippen LogP contribution in [-0.4, -0.2) is 21.6 Å². The van der Waals surface area contributed by atoms with Crippen LogP contribution in [0.2, 0.25) is 0 Å². The van der Waals surface area contributed by atoms with E-state index >= 15 is 0 Å². The van der Waals surface area contributed by atoms with Gasteiger partial charge >= 0.3 is 5.69 Å². The van der Waals surface area contributed by atoms with Crippen molar-refractivity contribution in [2.45, 2.75) is 12.8 Å². The number of hydrogen-bond donors (Lipinski definition) is 1. The van der Waals surface area contributed by atoms with Crippen LogP contribution in [0.3, 0.4) is 0 Å². The summed E-state index contributed by atoms with van der Waals surface area (Å²) in [6, 6.07) is 9.90. The molecule has 0 atom stereocenters. The van der Waals surface area contributed by atoms with Crippen molar-refractivity contribution in [2.75, 3.05) is 6.54 Å². The molecule has 3 rings (SSSR count). The van der Waals surface area contributed by atoms with Gasteiger partial charge in [0.25, 0.3) is 0 Å². The van der Waals surface area contributed by atoms with E-state index < -0.39 is 0 Å². The molecule has 2 heterocycles. The van der Waals surface area contributed by atoms with Crippen molar-refractivity contribution in [1.82, 2.24) is 14.5 Å². The van der Waals surface area contributed by atoms with Gasteiger partial charge in [0.05, 0.1) is 17.5 Å². The summed E-state index contributed by atoms with van der Waals surface area (Å²) >= 11 is 1.59. The first kappa shape index (κ1) is 15.6. The number of aromatic nitrogens is 2. The van der Waals surface area contributed by atoms with Gasteiger partial charge in [-0.15, -0.1) is 11.3 Å². The highest BCUT2D eigenvalue weighted by atomic mass is 32.1. The third-order valence-corrected chi connectivity index (χ3v) is 4.86. The number of fused-ring (bicyclic) bond motifs is 1. The lowest BCUT2D eigenvalue weighted by molar-refractivity contribution is -0.120. The maximum absolute atomic E-state index is 11.9. The summed E-state index contributed by atoms with van der Waals surface area (Å²) in [7, 11) is 3.55. The molecule has 0 fully saturated rings. The van der Waals surface area contributed by atoms with Crippen LogP contribution in [0.4, 0.5) is 0 Å². The minimum atomic E-state index is -0.0265. The summed E-state index contributed by atoms with van der Waals surface area (Å²) in [6.45, 7) is 0.594. The number of rotatable bonds is 5. The van der Waals surface area contributed by atoms with Gasteiger partial charge < -0.3 is 5.32 Å². The number of imidazole rings is 1. The van der Waals surface area contributed by atoms with E-state index in [0.29, 0.717) is 13.0 Å². The van der Waals surface area contributed by atoms with Gasteiger partial charge in [-0.1, -0.05) is 12.1 Å². The van der Waals surface area contributed by atoms with E-state index in [1.165, 1.54) is 0 Å². The van der Waals surface area contributed by atoms with E-state index in [1.54, 1.807) is 34.6 Å². The number of carbonyl (C=O) groups is 1. The fraction of sp³-hybridized carbons (Fsp3) is 0.294. The third kappa shape index (κ3) is 3.22. The molecule has 1 N–H and O–H groups in total. The Labute approximate surface area is 138 Å². The Bertz CT molecular complexity index is 891. The van der Waals surface area contributed by atoms with Crippen LogP contribution in [0.1, 0.15) is 10.4 Å². The van der Waals surface area contributed by atoms with Gasteiger partial charge in [0, 0.05) is 25.5 Å². The Morgan fingerprint density at radius 2 is 1.96 bits per heavy atom. The van der Waals surface area contributed by atoms with Gasteiger partial charge in [-0.25, -0.2) is 4.79 Å². The van der Waals surface area contributed by atoms with Crippen LogP contribution >= 0.6 is 11.3 Å². The number of aryl methyl sites for hydroxylation is 2. The largest absolute Gasteiger partial charge is 0.355 e. The minimum absolute atomic E-state index is 0.0265. The summed E-state index contributed by atoms with van der Waals surface area (Å²) in [6.07, 6.45) is 1.18. The molecule has 0 spiro atoms. The molecule has 120 valence electrons. The number of hydrogen-bond acceptors (Lipinski definition) is 3. The van der Waals surface area contributed by atoms with E-state index in [1.807, 2.05) is 35.7 Å². The predicted octanol–water partition coefficient (Wildman–Crippen LogP) is 1.84. The quantitative estimate of drug-likeness (QED) is 0.776. The van der Waals surface area contributed by atoms with Crippen LogP contribution in [0.25, 0.3) is 11.0 Å². The van der Waals surface area contributed by atoms with Gasteiger partial charge in [0.1, 0.15) is 0 Å². The molecule has 6 heteroatoms. The molecule has 0 bridgehead atoms. The summed E-state index contributed by atoms with van der Waals surface area (Å²) in [4.78, 5) is 24.9. The number of nitrogens with one attached hydrogen (secondary N) is 1. The van der Waals surface area contributed by atoms with Crippen molar-refractivity contribution in [3.8, 4) is 0 Å². The molecule has 0 saturated carbocycles. The maximum atomic E-state index is 11.9. The van der Waals surface area contributed by atoms with Crippen molar-refractivity contribution in [3.63, 3.8) is 0 Å². The molecule has 2 aromatic heterocycles. The Balaban J connectivity index is 1.62. The molecule has 23 heavy (non-hydrogen) atoms. The van der Waals surface area contributed by atoms with Gasteiger partial charge in [0.2, 0.25) is 5.91 Å². The van der Waals surface area contributed by atoms with Crippen molar-refractivity contribution in [2.24, 2.45) is 14.1 Å². The molecule has 1 amide bonds. The average molecular weight is 329 g/mol. The molecule has 0 aliphatic carbocycles. The third-order valence-electron chi connectivity index (χ3n) is 3.99. The Hall–Kier alpha value is -2.34. The smallest absolute Gasteiger partial charge is 0.328 e. The monoisotopic (exact) mass is 329 g/mol. The standard InChI is InChI=1S/C17H19N3O2S/c1-19-14-6-5-12(10-15(14)20(2)17(19)22)7-8-18-16(21)11-13-4-3-9-23-13/h3-6,9-10H,7-8,11H2,1-2H3,(H,18,21). The Morgan fingerprint density at radius 3 is 2.70 bits per heavy atom. The van der Waals surface area contributed by atoms with Crippen molar-refractivity contribution < 1.29 is 4.79 Å². The first-order valence-corrected chi connectivity index (χ1v) is 8.37. The topological polar surface area (TPSA) is 56.0 Å². The Kier molecular flexibility index (Phi) is 4.34. The van der Waals surface area contributed by atoms with Crippen LogP contribution < -0.4 is 11.0 Å². The molecule has 0 unspecified atom stereocenters. The van der Waals surface area contributed by atoms with Gasteiger partial charge in [-0.2, -0.15) is 0 Å². The SMILES string of the molecule is Cn1c(=O)n(C)c2cc(CCNC(=O)Cc3cccs3)ccc21. The fourth-order valence-corrected chi connectivity index (χ4v) is 3.39. The van der Waals surface area contributed by atoms with Crippen LogP contribution in [-0.2, 0) is 31.7 Å². The zero-order chi connectivity index (χ0) is 16.4. The lowest BCUT2D eigenvalue weighted by Gasteiger charge is -2.05. The van der Waals surface area contributed by atoms with Crippen LogP contribution in [0, 0.1) is 0 Å². The van der Waals surface area contributed by atoms with Crippen LogP contribution in [0.15, 0.2) is 40.5 Å². The molecular formula is C17H19N3O2S. The highest BCUT2D eigenvalue weighted by Gasteiger charge is 2.08. The van der Waals surface area contributed by atoms with E-state index in [-0.39, 0.29) is 11.6 Å². The zero-order valence-electron chi connectivity index (χ0n) is 13.2. The van der Waals surface area contributed by atoms with Gasteiger partial charge in [-0.05, 0) is 35.6 Å². The minimum Gasteiger partial charge on any atom is -0.355 e. The lowest BCUT2D eigenvalue weighted by Crippen LogP contribution is -2.26. The van der Waals surface area contributed by atoms with Crippen LogP contribution in [0.5, 0.6) is 0 Å². The second-order valence-electron chi connectivity index (χ2n) is 5.58. The van der Waals surface area contributed by atoms with Crippen molar-refractivity contribution >= 4 is 28.3 Å². The maximum Gasteiger partial charge on any atom is 0.328 e. The first-order valence-electron chi connectivity index (χ1n) is 7.49. The number of amides is 1. The predicted molar refractivity (Wildman–Crippen MR) is 92.9 cm³/mol. The normalized spacial score (nSPS) is 11.0. The molecule has 5 nitrogen and oxygen atoms in total. The van der Waals surface area contributed by atoms with E-state index in [9.17, 15) is 9.59 Å². The number of benzene rings is 1. The molecule has 0 radical (unpaired) electrons. The summed E-state index contributed by atoms with van der Waals surface area (Å²) in [5.41, 5.74) is 2.92. The van der Waals surface area contributed by atoms with Crippen molar-refractivity contribution in [1.29, 1.82) is 0 Å². The van der Waals surface area contributed by atoms with Gasteiger partial charge in [0.15, 0.2) is 0 Å². The summed E-state index contributed by atoms with van der Waals surface area (Å²) in [5, 5.41) is 4.92. The molecule has 0 saturated heterocycles. The first-order chi connectivity index (χ1) is 11.1. The second kappa shape index (κ2) is 6.42. The highest BCUT2D eigenvalue weighted by molar-refractivity contribution is 7.10. The summed E-state index contributed by atoms with van der Waals surface area (Å²) in [5.74, 6) is 0.0423. The number of nitrogens with zero attached hydrogens (tertiary/aromatic N) is 2. The highest BCUT2D eigenvalue weighted by Crippen LogP contribution is 2.14. The number of thiophene rings is 1.